The topological polar surface area (TPSA) is 87.0 Å². The van der Waals surface area contributed by atoms with E-state index >= 15 is 0 Å². The zero-order chi connectivity index (χ0) is 19.9. The van der Waals surface area contributed by atoms with Crippen molar-refractivity contribution in [3.8, 4) is 17.2 Å². The fourth-order valence-corrected chi connectivity index (χ4v) is 2.43. The van der Waals surface area contributed by atoms with Crippen LogP contribution in [0.2, 0.25) is 0 Å². The van der Waals surface area contributed by atoms with E-state index in [1.54, 1.807) is 18.2 Å². The van der Waals surface area contributed by atoms with Gasteiger partial charge >= 0.3 is 0 Å². The number of carbonyl (C=O) groups is 1. The molecule has 7 heteroatoms. The minimum absolute atomic E-state index is 0.0310. The molecule has 0 aliphatic rings. The van der Waals surface area contributed by atoms with Crippen molar-refractivity contribution in [3.05, 3.63) is 82.4 Å². The summed E-state index contributed by atoms with van der Waals surface area (Å²) >= 11 is 0. The van der Waals surface area contributed by atoms with Gasteiger partial charge in [-0.25, -0.2) is 0 Å². The zero-order valence-corrected chi connectivity index (χ0v) is 15.4. The Kier molecular flexibility index (Phi) is 5.96. The lowest BCUT2D eigenvalue weighted by Gasteiger charge is -2.10. The van der Waals surface area contributed by atoms with Crippen molar-refractivity contribution in [2.24, 2.45) is 0 Å². The molecule has 0 unspecified atom stereocenters. The standard InChI is InChI=1S/C21H19NO6/c1-25-16-8-15(9-17(10-16)26-2)22-21(24)19-11-18(23)20(13-28-19)27-12-14-6-4-3-5-7-14/h3-11,13H,12H2,1-2H3,(H,22,24). The first-order valence-electron chi connectivity index (χ1n) is 8.43. The molecule has 3 rings (SSSR count). The molecule has 0 radical (unpaired) electrons. The normalized spacial score (nSPS) is 10.2. The van der Waals surface area contributed by atoms with Crippen molar-refractivity contribution >= 4 is 11.6 Å². The van der Waals surface area contributed by atoms with E-state index in [9.17, 15) is 9.59 Å². The number of ether oxygens (including phenoxy) is 3. The van der Waals surface area contributed by atoms with E-state index in [0.717, 1.165) is 17.9 Å². The van der Waals surface area contributed by atoms with Gasteiger partial charge in [-0.05, 0) is 5.56 Å². The molecule has 144 valence electrons. The van der Waals surface area contributed by atoms with E-state index in [-0.39, 0.29) is 18.1 Å². The fraction of sp³-hybridized carbons (Fsp3) is 0.143. The number of nitrogens with one attached hydrogen (secondary N) is 1. The molecule has 0 saturated heterocycles. The van der Waals surface area contributed by atoms with E-state index in [1.807, 2.05) is 30.3 Å². The molecule has 1 heterocycles. The Morgan fingerprint density at radius 2 is 1.68 bits per heavy atom. The highest BCUT2D eigenvalue weighted by Gasteiger charge is 2.14. The van der Waals surface area contributed by atoms with Gasteiger partial charge in [0.05, 0.1) is 14.2 Å². The Balaban J connectivity index is 1.71. The minimum Gasteiger partial charge on any atom is -0.497 e. The van der Waals surface area contributed by atoms with E-state index in [4.69, 9.17) is 18.6 Å². The van der Waals surface area contributed by atoms with Crippen molar-refractivity contribution in [3.63, 3.8) is 0 Å². The number of rotatable bonds is 7. The predicted molar refractivity (Wildman–Crippen MR) is 103 cm³/mol. The number of anilines is 1. The van der Waals surface area contributed by atoms with Crippen LogP contribution < -0.4 is 25.0 Å². The third-order valence-electron chi connectivity index (χ3n) is 3.87. The van der Waals surface area contributed by atoms with Crippen LogP contribution >= 0.6 is 0 Å². The van der Waals surface area contributed by atoms with Crippen molar-refractivity contribution in [1.29, 1.82) is 0 Å². The minimum atomic E-state index is -0.581. The summed E-state index contributed by atoms with van der Waals surface area (Å²) in [5.41, 5.74) is 0.902. The van der Waals surface area contributed by atoms with Gasteiger partial charge < -0.3 is 23.9 Å². The third-order valence-corrected chi connectivity index (χ3v) is 3.87. The number of amides is 1. The molecule has 0 spiro atoms. The van der Waals surface area contributed by atoms with Crippen LogP contribution in [0.4, 0.5) is 5.69 Å². The van der Waals surface area contributed by atoms with Crippen LogP contribution in [-0.2, 0) is 6.61 Å². The Morgan fingerprint density at radius 1 is 1.00 bits per heavy atom. The van der Waals surface area contributed by atoms with Gasteiger partial charge in [0.2, 0.25) is 11.2 Å². The van der Waals surface area contributed by atoms with Crippen LogP contribution in [0.3, 0.4) is 0 Å². The molecular weight excluding hydrogens is 362 g/mol. The summed E-state index contributed by atoms with van der Waals surface area (Å²) in [6.07, 6.45) is 1.13. The van der Waals surface area contributed by atoms with Crippen LogP contribution in [0.25, 0.3) is 0 Å². The number of hydrogen-bond donors (Lipinski definition) is 1. The molecule has 0 aliphatic carbocycles. The molecular formula is C21H19NO6. The Bertz CT molecular complexity index is 991. The quantitative estimate of drug-likeness (QED) is 0.674. The van der Waals surface area contributed by atoms with E-state index in [0.29, 0.717) is 17.2 Å². The van der Waals surface area contributed by atoms with Crippen molar-refractivity contribution in [1.82, 2.24) is 0 Å². The molecule has 0 atom stereocenters. The molecule has 0 fully saturated rings. The van der Waals surface area contributed by atoms with Crippen molar-refractivity contribution in [2.75, 3.05) is 19.5 Å². The summed E-state index contributed by atoms with van der Waals surface area (Å²) in [5, 5.41) is 2.64. The number of hydrogen-bond acceptors (Lipinski definition) is 6. The Morgan fingerprint density at radius 3 is 2.29 bits per heavy atom. The Hall–Kier alpha value is -3.74. The summed E-state index contributed by atoms with van der Waals surface area (Å²) in [4.78, 5) is 24.6. The largest absolute Gasteiger partial charge is 0.497 e. The maximum atomic E-state index is 12.4. The molecule has 28 heavy (non-hydrogen) atoms. The Labute approximate surface area is 161 Å². The lowest BCUT2D eigenvalue weighted by molar-refractivity contribution is 0.0993. The van der Waals surface area contributed by atoms with Gasteiger partial charge in [0, 0.05) is 30.0 Å². The highest BCUT2D eigenvalue weighted by molar-refractivity contribution is 6.02. The predicted octanol–water partition coefficient (Wildman–Crippen LogP) is 3.49. The summed E-state index contributed by atoms with van der Waals surface area (Å²) in [5.74, 6) is 0.339. The van der Waals surface area contributed by atoms with Crippen LogP contribution in [-0.4, -0.2) is 20.1 Å². The second-order valence-corrected chi connectivity index (χ2v) is 5.80. The summed E-state index contributed by atoms with van der Waals surface area (Å²) in [6, 6.07) is 15.4. The van der Waals surface area contributed by atoms with Crippen molar-refractivity contribution in [2.45, 2.75) is 6.61 Å². The van der Waals surface area contributed by atoms with E-state index < -0.39 is 11.3 Å². The van der Waals surface area contributed by atoms with Crippen LogP contribution in [0.1, 0.15) is 16.1 Å². The van der Waals surface area contributed by atoms with Crippen molar-refractivity contribution < 1.29 is 23.4 Å². The summed E-state index contributed by atoms with van der Waals surface area (Å²) < 4.78 is 21.1. The van der Waals surface area contributed by atoms with E-state index in [2.05, 4.69) is 5.32 Å². The fourth-order valence-electron chi connectivity index (χ4n) is 2.43. The second-order valence-electron chi connectivity index (χ2n) is 5.80. The molecule has 2 aromatic carbocycles. The molecule has 0 bridgehead atoms. The van der Waals surface area contributed by atoms with Gasteiger partial charge in [-0.2, -0.15) is 0 Å². The molecule has 0 saturated carbocycles. The van der Waals surface area contributed by atoms with E-state index in [1.165, 1.54) is 14.2 Å². The first-order chi connectivity index (χ1) is 13.6. The third kappa shape index (κ3) is 4.70. The molecule has 1 N–H and O–H groups in total. The molecule has 1 aromatic heterocycles. The SMILES string of the molecule is COc1cc(NC(=O)c2cc(=O)c(OCc3ccccc3)co2)cc(OC)c1. The molecule has 3 aromatic rings. The van der Waals surface area contributed by atoms with Crippen LogP contribution in [0.5, 0.6) is 17.2 Å². The zero-order valence-electron chi connectivity index (χ0n) is 15.4. The first kappa shape index (κ1) is 19.0. The van der Waals surface area contributed by atoms with Gasteiger partial charge in [-0.15, -0.1) is 0 Å². The molecule has 1 amide bonds. The number of carbonyl (C=O) groups excluding carboxylic acids is 1. The highest BCUT2D eigenvalue weighted by Crippen LogP contribution is 2.26. The number of methoxy groups -OCH3 is 2. The van der Waals surface area contributed by atoms with Crippen LogP contribution in [0, 0.1) is 0 Å². The lowest BCUT2D eigenvalue weighted by atomic mass is 10.2. The number of benzene rings is 2. The smallest absolute Gasteiger partial charge is 0.291 e. The van der Waals surface area contributed by atoms with Gasteiger partial charge in [0.1, 0.15) is 24.4 Å². The highest BCUT2D eigenvalue weighted by atomic mass is 16.5. The monoisotopic (exact) mass is 381 g/mol. The average molecular weight is 381 g/mol. The van der Waals surface area contributed by atoms with Crippen LogP contribution in [0.15, 0.2) is 70.1 Å². The maximum absolute atomic E-state index is 12.4. The average Bonchev–Trinajstić information content (AvgIpc) is 2.73. The first-order valence-corrected chi connectivity index (χ1v) is 8.43. The maximum Gasteiger partial charge on any atom is 0.291 e. The van der Waals surface area contributed by atoms with Gasteiger partial charge in [-0.3, -0.25) is 9.59 Å². The molecule has 7 nitrogen and oxygen atoms in total. The van der Waals surface area contributed by atoms with Gasteiger partial charge in [0.25, 0.3) is 5.91 Å². The van der Waals surface area contributed by atoms with Gasteiger partial charge in [0.15, 0.2) is 5.76 Å². The van der Waals surface area contributed by atoms with Gasteiger partial charge in [-0.1, -0.05) is 30.3 Å². The summed E-state index contributed by atoms with van der Waals surface area (Å²) in [6.45, 7) is 0.223. The second kappa shape index (κ2) is 8.77. The lowest BCUT2D eigenvalue weighted by Crippen LogP contribution is -2.16. The molecule has 0 aliphatic heterocycles. The summed E-state index contributed by atoms with van der Waals surface area (Å²) in [7, 11) is 3.02.